The molecule has 1 saturated heterocycles. The molecule has 1 aliphatic heterocycles. The number of fused-ring (bicyclic) bond motifs is 1. The van der Waals surface area contributed by atoms with Crippen molar-refractivity contribution in [2.24, 2.45) is 0 Å². The van der Waals surface area contributed by atoms with Crippen molar-refractivity contribution in [3.63, 3.8) is 0 Å². The van der Waals surface area contributed by atoms with E-state index in [1.54, 1.807) is 23.0 Å². The number of hydrogen-bond acceptors (Lipinski definition) is 8. The maximum Gasteiger partial charge on any atom is 0.242 e. The Hall–Kier alpha value is -5.52. The molecule has 0 saturated carbocycles. The highest BCUT2D eigenvalue weighted by Gasteiger charge is 2.35. The van der Waals surface area contributed by atoms with Gasteiger partial charge in [-0.3, -0.25) is 25.1 Å². The van der Waals surface area contributed by atoms with Crippen LogP contribution in [0, 0.1) is 0 Å². The van der Waals surface area contributed by atoms with E-state index in [1.807, 2.05) is 78.9 Å². The van der Waals surface area contributed by atoms with E-state index in [0.29, 0.717) is 37.5 Å². The lowest BCUT2D eigenvalue weighted by atomic mass is 10.0. The molecule has 2 N–H and O–H groups in total. The first-order valence-electron chi connectivity index (χ1n) is 15.4. The molecule has 1 fully saturated rings. The SMILES string of the molecule is COc1ccc(-c2cc(CN(CC(=O)N3CC(=O)N(Cc4cccc5ccccc45)CC3NCc3ccccc3)NC=O)on2)cc1. The summed E-state index contributed by atoms with van der Waals surface area (Å²) in [5.41, 5.74) is 6.13. The summed E-state index contributed by atoms with van der Waals surface area (Å²) in [4.78, 5) is 42.2. The number of ether oxygens (including phenoxy) is 1. The van der Waals surface area contributed by atoms with Crippen molar-refractivity contribution < 1.29 is 23.6 Å². The molecule has 5 aromatic rings. The number of rotatable bonds is 13. The zero-order chi connectivity index (χ0) is 32.6. The van der Waals surface area contributed by atoms with Gasteiger partial charge in [0.1, 0.15) is 24.2 Å². The molecule has 0 bridgehead atoms. The molecule has 1 unspecified atom stereocenters. The third kappa shape index (κ3) is 7.66. The van der Waals surface area contributed by atoms with E-state index < -0.39 is 6.17 Å². The summed E-state index contributed by atoms with van der Waals surface area (Å²) >= 11 is 0. The van der Waals surface area contributed by atoms with Gasteiger partial charge in [0.15, 0.2) is 5.76 Å². The minimum atomic E-state index is -0.458. The Bertz CT molecular complexity index is 1820. The van der Waals surface area contributed by atoms with Crippen molar-refractivity contribution in [2.45, 2.75) is 25.8 Å². The molecule has 0 radical (unpaired) electrons. The molecular weight excluding hydrogens is 596 g/mol. The lowest BCUT2D eigenvalue weighted by Gasteiger charge is -2.42. The molecule has 11 heteroatoms. The standard InChI is InChI=1S/C36H36N6O5/c1-46-30-16-14-28(15-17-30)33-18-31(47-39-33)21-41(38-25-43)23-36(45)42-24-35(44)40(22-34(42)37-19-26-8-3-2-4-9-26)20-29-12-7-11-27-10-5-6-13-32(27)29/h2-18,25,34,37H,19-24H2,1H3,(H,38,43). The van der Waals surface area contributed by atoms with Gasteiger partial charge in [0.05, 0.1) is 26.7 Å². The molecule has 0 spiro atoms. The van der Waals surface area contributed by atoms with E-state index in [2.05, 4.69) is 34.1 Å². The number of hydrazine groups is 1. The number of nitrogens with zero attached hydrogens (tertiary/aromatic N) is 4. The first-order chi connectivity index (χ1) is 23.0. The first kappa shape index (κ1) is 31.5. The lowest BCUT2D eigenvalue weighted by molar-refractivity contribution is -0.152. The summed E-state index contributed by atoms with van der Waals surface area (Å²) < 4.78 is 10.8. The van der Waals surface area contributed by atoms with E-state index >= 15 is 0 Å². The van der Waals surface area contributed by atoms with Crippen molar-refractivity contribution in [3.05, 3.63) is 120 Å². The van der Waals surface area contributed by atoms with Crippen LogP contribution in [0.15, 0.2) is 108 Å². The highest BCUT2D eigenvalue weighted by atomic mass is 16.5. The predicted molar refractivity (Wildman–Crippen MR) is 176 cm³/mol. The molecule has 47 heavy (non-hydrogen) atoms. The minimum Gasteiger partial charge on any atom is -0.497 e. The fourth-order valence-corrected chi connectivity index (χ4v) is 5.77. The summed E-state index contributed by atoms with van der Waals surface area (Å²) in [5, 5.41) is 11.3. The number of amides is 3. The summed E-state index contributed by atoms with van der Waals surface area (Å²) in [7, 11) is 1.60. The molecule has 1 aromatic heterocycles. The van der Waals surface area contributed by atoms with Gasteiger partial charge in [-0.1, -0.05) is 78.0 Å². The van der Waals surface area contributed by atoms with Crippen molar-refractivity contribution in [1.29, 1.82) is 0 Å². The summed E-state index contributed by atoms with van der Waals surface area (Å²) in [5.74, 6) is 0.700. The number of nitrogens with one attached hydrogen (secondary N) is 2. The molecule has 1 aliphatic rings. The van der Waals surface area contributed by atoms with Gasteiger partial charge >= 0.3 is 0 Å². The Morgan fingerprint density at radius 3 is 2.57 bits per heavy atom. The Balaban J connectivity index is 1.17. The van der Waals surface area contributed by atoms with Crippen LogP contribution in [-0.4, -0.2) is 71.1 Å². The number of carbonyl (C=O) groups excluding carboxylic acids is 3. The monoisotopic (exact) mass is 632 g/mol. The Morgan fingerprint density at radius 2 is 1.79 bits per heavy atom. The van der Waals surface area contributed by atoms with E-state index in [1.165, 1.54) is 5.01 Å². The number of carbonyl (C=O) groups is 3. The summed E-state index contributed by atoms with van der Waals surface area (Å²) in [6.07, 6.45) is 0.0484. The van der Waals surface area contributed by atoms with Gasteiger partial charge in [0.25, 0.3) is 0 Å². The topological polar surface area (TPSA) is 120 Å². The number of piperazine rings is 1. The lowest BCUT2D eigenvalue weighted by Crippen LogP contribution is -2.63. The largest absolute Gasteiger partial charge is 0.497 e. The zero-order valence-electron chi connectivity index (χ0n) is 26.0. The average Bonchev–Trinajstić information content (AvgIpc) is 3.57. The fraction of sp³-hybridized carbons (Fsp3) is 0.222. The van der Waals surface area contributed by atoms with E-state index in [4.69, 9.17) is 9.26 Å². The maximum atomic E-state index is 13.8. The fourth-order valence-electron chi connectivity index (χ4n) is 5.77. The summed E-state index contributed by atoms with van der Waals surface area (Å²) in [6, 6.07) is 33.2. The second-order valence-corrected chi connectivity index (χ2v) is 11.3. The van der Waals surface area contributed by atoms with Gasteiger partial charge in [-0.15, -0.1) is 0 Å². The van der Waals surface area contributed by atoms with Crippen molar-refractivity contribution >= 4 is 29.0 Å². The highest BCUT2D eigenvalue weighted by Crippen LogP contribution is 2.24. The molecule has 3 amide bonds. The van der Waals surface area contributed by atoms with Crippen molar-refractivity contribution in [2.75, 3.05) is 26.7 Å². The molecule has 4 aromatic carbocycles. The number of aromatic nitrogens is 1. The van der Waals surface area contributed by atoms with Crippen LogP contribution in [0.4, 0.5) is 0 Å². The van der Waals surface area contributed by atoms with Gasteiger partial charge in [-0.25, -0.2) is 5.01 Å². The number of benzene rings is 4. The van der Waals surface area contributed by atoms with Crippen LogP contribution in [-0.2, 0) is 34.0 Å². The molecule has 1 atom stereocenters. The van der Waals surface area contributed by atoms with Crippen LogP contribution in [0.25, 0.3) is 22.0 Å². The second-order valence-electron chi connectivity index (χ2n) is 11.3. The molecule has 2 heterocycles. The molecule has 0 aliphatic carbocycles. The van der Waals surface area contributed by atoms with Crippen molar-refractivity contribution in [1.82, 2.24) is 30.7 Å². The Kier molecular flexibility index (Phi) is 9.85. The number of hydrogen-bond donors (Lipinski definition) is 2. The molecule has 240 valence electrons. The van der Waals surface area contributed by atoms with E-state index in [-0.39, 0.29) is 31.4 Å². The maximum absolute atomic E-state index is 13.8. The quantitative estimate of drug-likeness (QED) is 0.148. The van der Waals surface area contributed by atoms with E-state index in [9.17, 15) is 14.4 Å². The smallest absolute Gasteiger partial charge is 0.242 e. The average molecular weight is 633 g/mol. The summed E-state index contributed by atoms with van der Waals surface area (Å²) in [6.45, 7) is 1.03. The number of methoxy groups -OCH3 is 1. The van der Waals surface area contributed by atoms with Crippen LogP contribution >= 0.6 is 0 Å². The van der Waals surface area contributed by atoms with Gasteiger partial charge in [-0.2, -0.15) is 0 Å². The normalized spacial score (nSPS) is 14.9. The van der Waals surface area contributed by atoms with Crippen molar-refractivity contribution in [3.8, 4) is 17.0 Å². The van der Waals surface area contributed by atoms with Gasteiger partial charge in [0, 0.05) is 24.7 Å². The molecule has 6 rings (SSSR count). The predicted octanol–water partition coefficient (Wildman–Crippen LogP) is 3.95. The minimum absolute atomic E-state index is 0.0880. The van der Waals surface area contributed by atoms with Crippen LogP contribution in [0.3, 0.4) is 0 Å². The van der Waals surface area contributed by atoms with E-state index in [0.717, 1.165) is 33.2 Å². The van der Waals surface area contributed by atoms with Crippen LogP contribution in [0.2, 0.25) is 0 Å². The third-order valence-electron chi connectivity index (χ3n) is 8.23. The van der Waals surface area contributed by atoms with Gasteiger partial charge in [-0.05, 0) is 46.2 Å². The third-order valence-corrected chi connectivity index (χ3v) is 8.23. The molecule has 11 nitrogen and oxygen atoms in total. The highest BCUT2D eigenvalue weighted by molar-refractivity contribution is 5.89. The van der Waals surface area contributed by atoms with Crippen LogP contribution in [0.1, 0.15) is 16.9 Å². The van der Waals surface area contributed by atoms with Gasteiger partial charge < -0.3 is 19.1 Å². The molecular formula is C36H36N6O5. The zero-order valence-corrected chi connectivity index (χ0v) is 26.0. The first-order valence-corrected chi connectivity index (χ1v) is 15.4. The Morgan fingerprint density at radius 1 is 1.02 bits per heavy atom. The second kappa shape index (κ2) is 14.7. The van der Waals surface area contributed by atoms with Crippen LogP contribution in [0.5, 0.6) is 5.75 Å². The van der Waals surface area contributed by atoms with Crippen LogP contribution < -0.4 is 15.5 Å². The van der Waals surface area contributed by atoms with Gasteiger partial charge in [0.2, 0.25) is 18.2 Å². The Labute approximate surface area is 272 Å².